The molecule has 23 heavy (non-hydrogen) atoms. The van der Waals surface area contributed by atoms with Crippen molar-refractivity contribution in [2.45, 2.75) is 6.42 Å². The fraction of sp³-hybridized carbons (Fsp3) is 0.294. The molecule has 6 nitrogen and oxygen atoms in total. The van der Waals surface area contributed by atoms with Crippen LogP contribution in [0.4, 0.5) is 5.82 Å². The van der Waals surface area contributed by atoms with Gasteiger partial charge in [-0.05, 0) is 6.07 Å². The Bertz CT molecular complexity index is 699. The highest BCUT2D eigenvalue weighted by atomic mass is 16.5. The molecule has 1 saturated heterocycles. The lowest BCUT2D eigenvalue weighted by Gasteiger charge is -2.28. The molecular formula is C17H18N4O2. The number of para-hydroxylation sites is 1. The molecule has 1 N–H and O–H groups in total. The Hall–Kier alpha value is -2.60. The number of piperazine rings is 1. The second-order valence-corrected chi connectivity index (χ2v) is 5.51. The van der Waals surface area contributed by atoms with E-state index in [0.29, 0.717) is 5.88 Å². The molecule has 0 aliphatic carbocycles. The van der Waals surface area contributed by atoms with Crippen LogP contribution in [0.25, 0.3) is 0 Å². The maximum atomic E-state index is 5.78. The Kier molecular flexibility index (Phi) is 3.81. The number of anilines is 1. The van der Waals surface area contributed by atoms with Crippen LogP contribution in [-0.4, -0.2) is 36.1 Å². The predicted octanol–water partition coefficient (Wildman–Crippen LogP) is 1.74. The Morgan fingerprint density at radius 1 is 1.13 bits per heavy atom. The highest BCUT2D eigenvalue weighted by molar-refractivity contribution is 5.49. The van der Waals surface area contributed by atoms with E-state index in [1.807, 2.05) is 18.2 Å². The molecule has 0 spiro atoms. The van der Waals surface area contributed by atoms with Crippen LogP contribution in [0.1, 0.15) is 5.56 Å². The first-order valence-corrected chi connectivity index (χ1v) is 7.78. The van der Waals surface area contributed by atoms with Crippen molar-refractivity contribution >= 4 is 5.82 Å². The van der Waals surface area contributed by atoms with Gasteiger partial charge in [-0.2, -0.15) is 0 Å². The van der Waals surface area contributed by atoms with Crippen LogP contribution in [0.3, 0.4) is 0 Å². The normalized spacial score (nSPS) is 18.6. The first kappa shape index (κ1) is 14.0. The van der Waals surface area contributed by atoms with Crippen molar-refractivity contribution in [1.29, 1.82) is 0 Å². The zero-order valence-corrected chi connectivity index (χ0v) is 12.7. The van der Waals surface area contributed by atoms with E-state index in [1.165, 1.54) is 5.56 Å². The minimum absolute atomic E-state index is 0.515. The molecule has 6 heteroatoms. The van der Waals surface area contributed by atoms with Crippen LogP contribution < -0.4 is 19.7 Å². The molecule has 3 heterocycles. The van der Waals surface area contributed by atoms with Gasteiger partial charge in [0.2, 0.25) is 0 Å². The number of nitrogens with one attached hydrogen (secondary N) is 1. The average Bonchev–Trinajstić information content (AvgIpc) is 3.04. The molecule has 4 rings (SSSR count). The first-order valence-electron chi connectivity index (χ1n) is 7.78. The lowest BCUT2D eigenvalue weighted by Crippen LogP contribution is -2.44. The average molecular weight is 310 g/mol. The van der Waals surface area contributed by atoms with Crippen LogP contribution >= 0.6 is 0 Å². The fourth-order valence-electron chi connectivity index (χ4n) is 2.80. The number of ether oxygens (including phenoxy) is 2. The van der Waals surface area contributed by atoms with Crippen LogP contribution in [0.5, 0.6) is 11.6 Å². The summed E-state index contributed by atoms with van der Waals surface area (Å²) in [6.45, 7) is 3.67. The molecule has 1 aromatic heterocycles. The van der Waals surface area contributed by atoms with Crippen molar-refractivity contribution < 1.29 is 9.47 Å². The summed E-state index contributed by atoms with van der Waals surface area (Å²) in [5, 5.41) is 3.33. The molecule has 2 aliphatic rings. The highest BCUT2D eigenvalue weighted by Crippen LogP contribution is 2.31. The van der Waals surface area contributed by atoms with Gasteiger partial charge in [0, 0.05) is 50.6 Å². The van der Waals surface area contributed by atoms with Crippen molar-refractivity contribution in [3.8, 4) is 11.6 Å². The molecule has 1 aromatic carbocycles. The van der Waals surface area contributed by atoms with Crippen LogP contribution in [0.15, 0.2) is 48.7 Å². The standard InChI is InChI=1S/C17H18N4O2/c1-2-4-15-13(3-1)11-14(23-15)12-22-17-16(19-5-6-20-17)21-9-7-18-8-10-21/h1-6,12,18H,7-11H2. The fourth-order valence-corrected chi connectivity index (χ4v) is 2.80. The number of hydrogen-bond acceptors (Lipinski definition) is 6. The van der Waals surface area contributed by atoms with E-state index in [2.05, 4.69) is 26.3 Å². The number of fused-ring (bicyclic) bond motifs is 1. The van der Waals surface area contributed by atoms with E-state index in [9.17, 15) is 0 Å². The maximum Gasteiger partial charge on any atom is 0.262 e. The van der Waals surface area contributed by atoms with Gasteiger partial charge in [0.05, 0.1) is 0 Å². The summed E-state index contributed by atoms with van der Waals surface area (Å²) in [5.41, 5.74) is 1.17. The molecule has 0 radical (unpaired) electrons. The molecule has 118 valence electrons. The van der Waals surface area contributed by atoms with Gasteiger partial charge in [0.1, 0.15) is 17.8 Å². The smallest absolute Gasteiger partial charge is 0.262 e. The van der Waals surface area contributed by atoms with E-state index in [4.69, 9.17) is 9.47 Å². The molecule has 0 bridgehead atoms. The summed E-state index contributed by atoms with van der Waals surface area (Å²) in [6, 6.07) is 8.00. The van der Waals surface area contributed by atoms with Gasteiger partial charge in [-0.25, -0.2) is 9.97 Å². The lowest BCUT2D eigenvalue weighted by molar-refractivity contribution is 0.385. The van der Waals surface area contributed by atoms with Crippen molar-refractivity contribution in [3.63, 3.8) is 0 Å². The van der Waals surface area contributed by atoms with Crippen molar-refractivity contribution in [3.05, 3.63) is 54.2 Å². The summed E-state index contributed by atoms with van der Waals surface area (Å²) in [7, 11) is 0. The quantitative estimate of drug-likeness (QED) is 0.872. The zero-order chi connectivity index (χ0) is 15.5. The van der Waals surface area contributed by atoms with Crippen LogP contribution in [-0.2, 0) is 6.42 Å². The second kappa shape index (κ2) is 6.26. The van der Waals surface area contributed by atoms with Gasteiger partial charge in [-0.1, -0.05) is 18.2 Å². The van der Waals surface area contributed by atoms with Gasteiger partial charge >= 0.3 is 0 Å². The molecule has 1 fully saturated rings. The van der Waals surface area contributed by atoms with Gasteiger partial charge in [0.25, 0.3) is 5.88 Å². The Labute approximate surface area is 134 Å². The van der Waals surface area contributed by atoms with Crippen LogP contribution in [0.2, 0.25) is 0 Å². The Morgan fingerprint density at radius 2 is 1.96 bits per heavy atom. The molecule has 0 unspecified atom stereocenters. The number of rotatable bonds is 3. The second-order valence-electron chi connectivity index (χ2n) is 5.51. The van der Waals surface area contributed by atoms with E-state index >= 15 is 0 Å². The molecule has 2 aliphatic heterocycles. The molecule has 0 atom stereocenters. The predicted molar refractivity (Wildman–Crippen MR) is 86.6 cm³/mol. The number of hydrogen-bond donors (Lipinski definition) is 1. The minimum atomic E-state index is 0.515. The van der Waals surface area contributed by atoms with E-state index in [-0.39, 0.29) is 0 Å². The summed E-state index contributed by atoms with van der Waals surface area (Å²) in [6.07, 6.45) is 5.71. The summed E-state index contributed by atoms with van der Waals surface area (Å²) in [4.78, 5) is 10.9. The molecule has 0 saturated carbocycles. The van der Waals surface area contributed by atoms with Gasteiger partial charge in [-0.3, -0.25) is 0 Å². The van der Waals surface area contributed by atoms with Crippen molar-refractivity contribution in [2.24, 2.45) is 0 Å². The SMILES string of the molecule is C(Oc1nccnc1N1CCNCC1)=C1Cc2ccccc2O1. The van der Waals surface area contributed by atoms with Gasteiger partial charge < -0.3 is 19.7 Å². The highest BCUT2D eigenvalue weighted by Gasteiger charge is 2.19. The third-order valence-corrected chi connectivity index (χ3v) is 3.94. The third-order valence-electron chi connectivity index (χ3n) is 3.94. The summed E-state index contributed by atoms with van der Waals surface area (Å²) in [5.74, 6) is 2.97. The number of aromatic nitrogens is 2. The monoisotopic (exact) mass is 310 g/mol. The Morgan fingerprint density at radius 3 is 2.83 bits per heavy atom. The van der Waals surface area contributed by atoms with E-state index < -0.39 is 0 Å². The summed E-state index contributed by atoms with van der Waals surface area (Å²) >= 11 is 0. The summed E-state index contributed by atoms with van der Waals surface area (Å²) < 4.78 is 11.6. The molecule has 0 amide bonds. The Balaban J connectivity index is 1.51. The third kappa shape index (κ3) is 2.98. The number of nitrogens with zero attached hydrogens (tertiary/aromatic N) is 3. The molecule has 2 aromatic rings. The van der Waals surface area contributed by atoms with Gasteiger partial charge in [-0.15, -0.1) is 0 Å². The topological polar surface area (TPSA) is 59.5 Å². The van der Waals surface area contributed by atoms with E-state index in [1.54, 1.807) is 18.7 Å². The van der Waals surface area contributed by atoms with E-state index in [0.717, 1.165) is 49.9 Å². The first-order chi connectivity index (χ1) is 11.4. The van der Waals surface area contributed by atoms with Crippen molar-refractivity contribution in [1.82, 2.24) is 15.3 Å². The number of benzene rings is 1. The lowest BCUT2D eigenvalue weighted by atomic mass is 10.1. The van der Waals surface area contributed by atoms with Gasteiger partial charge in [0.15, 0.2) is 5.82 Å². The van der Waals surface area contributed by atoms with Crippen molar-refractivity contribution in [2.75, 3.05) is 31.1 Å². The number of allylic oxidation sites excluding steroid dienone is 1. The maximum absolute atomic E-state index is 5.78. The van der Waals surface area contributed by atoms with Crippen LogP contribution in [0, 0.1) is 0 Å². The molecular weight excluding hydrogens is 292 g/mol. The largest absolute Gasteiger partial charge is 0.458 e. The minimum Gasteiger partial charge on any atom is -0.458 e. The zero-order valence-electron chi connectivity index (χ0n) is 12.7.